The second-order valence-corrected chi connectivity index (χ2v) is 8.92. The number of hydrogen-bond donors (Lipinski definition) is 2. The molecule has 206 valence electrons. The van der Waals surface area contributed by atoms with Crippen LogP contribution in [0.3, 0.4) is 0 Å². The Morgan fingerprint density at radius 2 is 1.00 bits per heavy atom. The molecule has 2 atom stereocenters. The average molecular weight is 552 g/mol. The predicted molar refractivity (Wildman–Crippen MR) is 146 cm³/mol. The molecule has 2 amide bonds. The lowest BCUT2D eigenvalue weighted by atomic mass is 10.0. The van der Waals surface area contributed by atoms with Crippen LogP contribution >= 0.6 is 0 Å². The van der Waals surface area contributed by atoms with Crippen LogP contribution in [0.1, 0.15) is 47.6 Å². The van der Waals surface area contributed by atoms with E-state index in [2.05, 4.69) is 10.6 Å². The van der Waals surface area contributed by atoms with Crippen molar-refractivity contribution >= 4 is 23.4 Å². The molecule has 3 aromatic heterocycles. The highest BCUT2D eigenvalue weighted by Crippen LogP contribution is 2.19. The van der Waals surface area contributed by atoms with Gasteiger partial charge in [0.2, 0.25) is 0 Å². The normalized spacial score (nSPS) is 12.4. The molecule has 0 fully saturated rings. The summed E-state index contributed by atoms with van der Waals surface area (Å²) in [6.07, 6.45) is 1.20. The van der Waals surface area contributed by atoms with Crippen LogP contribution in [0, 0.1) is 0 Å². The Bertz CT molecular complexity index is 1480. The minimum Gasteiger partial charge on any atom is -0.468 e. The highest BCUT2D eigenvalue weighted by Gasteiger charge is 2.39. The Kier molecular flexibility index (Phi) is 8.32. The SMILES string of the molecule is O=C(N[C@@H](C(=O)c1ccccc1)N(Cc1ccco1)[C@@H](NC(=O)c1ccco1)C(=O)c1ccccc1)c1ccco1. The third-order valence-corrected chi connectivity index (χ3v) is 6.22. The summed E-state index contributed by atoms with van der Waals surface area (Å²) in [5.74, 6) is -2.17. The van der Waals surface area contributed by atoms with Crippen molar-refractivity contribution in [2.45, 2.75) is 18.9 Å². The van der Waals surface area contributed by atoms with Crippen molar-refractivity contribution in [3.63, 3.8) is 0 Å². The molecule has 0 bridgehead atoms. The standard InChI is InChI=1S/C31H25N3O7/c35-26(21-10-3-1-4-11-21)28(32-30(37)24-15-8-18-40-24)34(20-23-14-7-17-39-23)29(27(36)22-12-5-2-6-13-22)33-31(38)25-16-9-19-41-25/h1-19,28-29H,20H2,(H,32,37)(H,33,38)/t28-,29-/m1/s1. The zero-order chi connectivity index (χ0) is 28.6. The molecule has 3 heterocycles. The zero-order valence-electron chi connectivity index (χ0n) is 21.6. The van der Waals surface area contributed by atoms with Gasteiger partial charge in [-0.3, -0.25) is 19.2 Å². The van der Waals surface area contributed by atoms with Crippen LogP contribution in [0.5, 0.6) is 0 Å². The number of hydrogen-bond acceptors (Lipinski definition) is 8. The van der Waals surface area contributed by atoms with E-state index in [1.807, 2.05) is 0 Å². The molecule has 2 N–H and O–H groups in total. The van der Waals surface area contributed by atoms with Crippen LogP contribution in [0.2, 0.25) is 0 Å². The van der Waals surface area contributed by atoms with E-state index < -0.39 is 35.7 Å². The lowest BCUT2D eigenvalue weighted by molar-refractivity contribution is 0.0402. The summed E-state index contributed by atoms with van der Waals surface area (Å²) >= 11 is 0. The third kappa shape index (κ3) is 6.40. The van der Waals surface area contributed by atoms with Gasteiger partial charge in [-0.1, -0.05) is 60.7 Å². The molecule has 0 radical (unpaired) electrons. The van der Waals surface area contributed by atoms with E-state index in [-0.39, 0.29) is 29.2 Å². The highest BCUT2D eigenvalue weighted by atomic mass is 16.3. The largest absolute Gasteiger partial charge is 0.468 e. The third-order valence-electron chi connectivity index (χ3n) is 6.22. The van der Waals surface area contributed by atoms with E-state index in [1.54, 1.807) is 72.8 Å². The lowest BCUT2D eigenvalue weighted by Gasteiger charge is -2.36. The first kappa shape index (κ1) is 27.1. The number of benzene rings is 2. The van der Waals surface area contributed by atoms with E-state index in [9.17, 15) is 19.2 Å². The first-order valence-electron chi connectivity index (χ1n) is 12.7. The molecule has 0 spiro atoms. The monoisotopic (exact) mass is 551 g/mol. The molecule has 5 rings (SSSR count). The second-order valence-electron chi connectivity index (χ2n) is 8.92. The van der Waals surface area contributed by atoms with Gasteiger partial charge >= 0.3 is 0 Å². The molecule has 0 aliphatic heterocycles. The lowest BCUT2D eigenvalue weighted by Crippen LogP contribution is -2.62. The Morgan fingerprint density at radius 3 is 1.39 bits per heavy atom. The molecule has 0 saturated heterocycles. The first-order valence-corrected chi connectivity index (χ1v) is 12.7. The van der Waals surface area contributed by atoms with Crippen molar-refractivity contribution in [3.8, 4) is 0 Å². The zero-order valence-corrected chi connectivity index (χ0v) is 21.6. The van der Waals surface area contributed by atoms with Gasteiger partial charge in [0.05, 0.1) is 25.3 Å². The summed E-state index contributed by atoms with van der Waals surface area (Å²) in [6, 6.07) is 25.9. The minimum absolute atomic E-state index is 0.0423. The Hall–Kier alpha value is -5.48. The quantitative estimate of drug-likeness (QED) is 0.170. The van der Waals surface area contributed by atoms with E-state index in [0.29, 0.717) is 5.76 Å². The maximum absolute atomic E-state index is 14.0. The molecular weight excluding hydrogens is 526 g/mol. The van der Waals surface area contributed by atoms with Crippen molar-refractivity contribution in [2.75, 3.05) is 0 Å². The van der Waals surface area contributed by atoms with Crippen LogP contribution in [0.15, 0.2) is 129 Å². The first-order chi connectivity index (χ1) is 20.0. The summed E-state index contributed by atoms with van der Waals surface area (Å²) < 4.78 is 16.1. The molecular formula is C31H25N3O7. The summed E-state index contributed by atoms with van der Waals surface area (Å²) in [5, 5.41) is 5.40. The predicted octanol–water partition coefficient (Wildman–Crippen LogP) is 4.55. The maximum atomic E-state index is 14.0. The van der Waals surface area contributed by atoms with Gasteiger partial charge in [0.25, 0.3) is 11.8 Å². The minimum atomic E-state index is -1.45. The molecule has 10 nitrogen and oxygen atoms in total. The van der Waals surface area contributed by atoms with Crippen LogP contribution in [-0.4, -0.2) is 40.6 Å². The number of carbonyl (C=O) groups is 4. The molecule has 5 aromatic rings. The van der Waals surface area contributed by atoms with Crippen LogP contribution in [-0.2, 0) is 6.54 Å². The van der Waals surface area contributed by atoms with Crippen molar-refractivity contribution in [1.29, 1.82) is 0 Å². The fraction of sp³-hybridized carbons (Fsp3) is 0.0968. The van der Waals surface area contributed by atoms with E-state index in [0.717, 1.165) is 0 Å². The highest BCUT2D eigenvalue weighted by molar-refractivity contribution is 6.06. The number of nitrogens with one attached hydrogen (secondary N) is 2. The van der Waals surface area contributed by atoms with Crippen LogP contribution < -0.4 is 10.6 Å². The number of furan rings is 3. The van der Waals surface area contributed by atoms with Gasteiger partial charge in [-0.15, -0.1) is 0 Å². The Morgan fingerprint density at radius 1 is 0.561 bits per heavy atom. The number of nitrogens with zero attached hydrogens (tertiary/aromatic N) is 1. The summed E-state index contributed by atoms with van der Waals surface area (Å²) in [6.45, 7) is -0.143. The number of ketones is 2. The van der Waals surface area contributed by atoms with Gasteiger partial charge in [0.1, 0.15) is 18.1 Å². The maximum Gasteiger partial charge on any atom is 0.288 e. The second kappa shape index (κ2) is 12.6. The molecule has 0 saturated carbocycles. The van der Waals surface area contributed by atoms with Crippen molar-refractivity contribution < 1.29 is 32.4 Å². The molecule has 10 heteroatoms. The molecule has 0 aliphatic rings. The van der Waals surface area contributed by atoms with Crippen LogP contribution in [0.4, 0.5) is 0 Å². The number of Topliss-reactive ketones (excluding diaryl/α,β-unsaturated/α-hetero) is 2. The molecule has 2 aromatic carbocycles. The van der Waals surface area contributed by atoms with Crippen molar-refractivity contribution in [3.05, 3.63) is 144 Å². The Balaban J connectivity index is 1.62. The van der Waals surface area contributed by atoms with E-state index >= 15 is 0 Å². The van der Waals surface area contributed by atoms with Gasteiger partial charge in [-0.2, -0.15) is 0 Å². The fourth-order valence-electron chi connectivity index (χ4n) is 4.24. The fourth-order valence-corrected chi connectivity index (χ4v) is 4.24. The van der Waals surface area contributed by atoms with Crippen molar-refractivity contribution in [1.82, 2.24) is 15.5 Å². The Labute approximate surface area is 234 Å². The molecule has 0 unspecified atom stereocenters. The number of carbonyl (C=O) groups excluding carboxylic acids is 4. The van der Waals surface area contributed by atoms with Crippen LogP contribution in [0.25, 0.3) is 0 Å². The van der Waals surface area contributed by atoms with E-state index in [1.165, 1.54) is 48.0 Å². The summed E-state index contributed by atoms with van der Waals surface area (Å²) in [4.78, 5) is 55.9. The van der Waals surface area contributed by atoms with Gasteiger partial charge in [-0.05, 0) is 36.4 Å². The van der Waals surface area contributed by atoms with Gasteiger partial charge < -0.3 is 23.9 Å². The van der Waals surface area contributed by atoms with Gasteiger partial charge in [0, 0.05) is 11.1 Å². The topological polar surface area (TPSA) is 135 Å². The number of rotatable bonds is 12. The summed E-state index contributed by atoms with van der Waals surface area (Å²) in [7, 11) is 0. The molecule has 41 heavy (non-hydrogen) atoms. The molecule has 0 aliphatic carbocycles. The van der Waals surface area contributed by atoms with Crippen molar-refractivity contribution in [2.24, 2.45) is 0 Å². The number of amides is 2. The smallest absolute Gasteiger partial charge is 0.288 e. The van der Waals surface area contributed by atoms with E-state index in [4.69, 9.17) is 13.3 Å². The summed E-state index contributed by atoms with van der Waals surface area (Å²) in [5.41, 5.74) is 0.537. The van der Waals surface area contributed by atoms with Gasteiger partial charge in [-0.25, -0.2) is 4.90 Å². The average Bonchev–Trinajstić information content (AvgIpc) is 3.82. The van der Waals surface area contributed by atoms with Gasteiger partial charge in [0.15, 0.2) is 23.1 Å².